The number of β-amino-alcohol motifs (C(OH)–C–C–N with tert-alkyl or cyclic N) is 2. The molecule has 5 N–H and O–H groups in total. The monoisotopic (exact) mass is 1060 g/mol. The Kier molecular flexibility index (Phi) is 18.2. The summed E-state index contributed by atoms with van der Waals surface area (Å²) in [5, 5.41) is 33.6. The van der Waals surface area contributed by atoms with Crippen LogP contribution in [0.2, 0.25) is 5.28 Å². The number of halogens is 1. The molecule has 0 atom stereocenters. The van der Waals surface area contributed by atoms with Crippen LogP contribution < -0.4 is 49.3 Å². The Bertz CT molecular complexity index is 2990. The number of aromatic nitrogens is 8. The number of hydrogen-bond donors (Lipinski definition) is 5. The van der Waals surface area contributed by atoms with Crippen molar-refractivity contribution in [3.05, 3.63) is 77.5 Å². The number of fused-ring (bicyclic) bond motifs is 2. The molecular weight excluding hydrogens is 1000 g/mol. The first-order valence-electron chi connectivity index (χ1n) is 23.2. The number of benzene rings is 2. The molecule has 2 aliphatic rings. The second kappa shape index (κ2) is 25.3. The molecular formula is C48H59ClN14O8S2. The van der Waals surface area contributed by atoms with Crippen molar-refractivity contribution in [2.24, 2.45) is 0 Å². The molecule has 0 amide bonds. The molecule has 2 aromatic carbocycles. The van der Waals surface area contributed by atoms with E-state index in [1.54, 1.807) is 66.7 Å². The van der Waals surface area contributed by atoms with Crippen LogP contribution in [0.1, 0.15) is 0 Å². The average molecular weight is 1060 g/mol. The van der Waals surface area contributed by atoms with Crippen LogP contribution >= 0.6 is 34.3 Å². The Labute approximate surface area is 435 Å². The van der Waals surface area contributed by atoms with E-state index in [0.29, 0.717) is 76.9 Å². The molecule has 73 heavy (non-hydrogen) atoms. The molecule has 2 saturated heterocycles. The third kappa shape index (κ3) is 12.7. The van der Waals surface area contributed by atoms with Crippen molar-refractivity contribution in [1.82, 2.24) is 54.2 Å². The zero-order chi connectivity index (χ0) is 51.3. The highest BCUT2D eigenvalue weighted by Crippen LogP contribution is 2.41. The first-order valence-corrected chi connectivity index (χ1v) is 25.3. The van der Waals surface area contributed by atoms with Gasteiger partial charge < -0.3 is 68.6 Å². The molecule has 2 fully saturated rings. The molecule has 25 heteroatoms. The lowest BCUT2D eigenvalue weighted by Crippen LogP contribution is -2.47. The molecule has 10 rings (SSSR count). The lowest BCUT2D eigenvalue weighted by molar-refractivity contribution is 0.180. The fourth-order valence-corrected chi connectivity index (χ4v) is 9.87. The smallest absolute Gasteiger partial charge is 0.228 e. The number of piperazine rings is 2. The lowest BCUT2D eigenvalue weighted by Gasteiger charge is -2.34. The zero-order valence-corrected chi connectivity index (χ0v) is 43.8. The molecule has 2 aliphatic heterocycles. The second-order valence-corrected chi connectivity index (χ2v) is 18.3. The van der Waals surface area contributed by atoms with E-state index >= 15 is 0 Å². The molecule has 0 radical (unpaired) electrons. The number of imidazole rings is 2. The third-order valence-corrected chi connectivity index (χ3v) is 13.6. The maximum Gasteiger partial charge on any atom is 0.228 e. The Morgan fingerprint density at radius 2 is 1.04 bits per heavy atom. The minimum Gasteiger partial charge on any atom is -0.493 e. The van der Waals surface area contributed by atoms with Crippen molar-refractivity contribution >= 4 is 83.9 Å². The lowest BCUT2D eigenvalue weighted by atomic mass is 10.2. The third-order valence-electron chi connectivity index (χ3n) is 11.9. The molecule has 0 unspecified atom stereocenters. The van der Waals surface area contributed by atoms with Crippen molar-refractivity contribution in [3.8, 4) is 45.9 Å². The zero-order valence-electron chi connectivity index (χ0n) is 41.4. The molecule has 0 saturated carbocycles. The van der Waals surface area contributed by atoms with Gasteiger partial charge in [-0.25, -0.2) is 19.9 Å². The van der Waals surface area contributed by atoms with Crippen molar-refractivity contribution in [2.75, 3.05) is 137 Å². The van der Waals surface area contributed by atoms with E-state index < -0.39 is 0 Å². The summed E-state index contributed by atoms with van der Waals surface area (Å²) >= 11 is 9.11. The summed E-state index contributed by atoms with van der Waals surface area (Å²) in [7, 11) is 9.48. The summed E-state index contributed by atoms with van der Waals surface area (Å²) in [6, 6.07) is 11.4. The van der Waals surface area contributed by atoms with Gasteiger partial charge in [-0.3, -0.25) is 9.80 Å². The summed E-state index contributed by atoms with van der Waals surface area (Å²) in [5.74, 6) is 6.57. The van der Waals surface area contributed by atoms with Gasteiger partial charge in [0.05, 0.1) is 90.4 Å². The SMILES string of the molecule is COc1cc(-n2cnc(Nc3nc(Cl)nc4sccc34)c2)cc(OC)c1OC.COc1cc(-n2cnc(Nc3nc(N4CCN(CCO)CC4)nc4sccc34)c2)cc(OC)c1OC.OCCN1CCNCC1. The van der Waals surface area contributed by atoms with E-state index in [2.05, 4.69) is 50.6 Å². The number of ether oxygens (including phenoxy) is 6. The van der Waals surface area contributed by atoms with Crippen LogP contribution in [0.25, 0.3) is 31.8 Å². The van der Waals surface area contributed by atoms with E-state index in [4.69, 9.17) is 55.1 Å². The Morgan fingerprint density at radius 3 is 1.49 bits per heavy atom. The molecule has 8 heterocycles. The van der Waals surface area contributed by atoms with Gasteiger partial charge in [0.15, 0.2) is 23.0 Å². The van der Waals surface area contributed by atoms with E-state index in [-0.39, 0.29) is 11.9 Å². The van der Waals surface area contributed by atoms with Crippen molar-refractivity contribution in [1.29, 1.82) is 0 Å². The number of hydrogen-bond acceptors (Lipinski definition) is 22. The molecule has 0 bridgehead atoms. The van der Waals surface area contributed by atoms with Crippen LogP contribution in [0.5, 0.6) is 34.5 Å². The van der Waals surface area contributed by atoms with E-state index in [9.17, 15) is 5.11 Å². The first-order chi connectivity index (χ1) is 35.7. The van der Waals surface area contributed by atoms with Gasteiger partial charge in [0, 0.05) is 89.7 Å². The second-order valence-electron chi connectivity index (χ2n) is 16.2. The molecule has 388 valence electrons. The van der Waals surface area contributed by atoms with Crippen LogP contribution in [0.15, 0.2) is 72.2 Å². The topological polar surface area (TPSA) is 229 Å². The fourth-order valence-electron chi connectivity index (χ4n) is 8.13. The predicted molar refractivity (Wildman–Crippen MR) is 285 cm³/mol. The quantitative estimate of drug-likeness (QED) is 0.0664. The highest BCUT2D eigenvalue weighted by atomic mass is 35.5. The van der Waals surface area contributed by atoms with Gasteiger partial charge in [0.25, 0.3) is 0 Å². The first kappa shape index (κ1) is 52.5. The van der Waals surface area contributed by atoms with Gasteiger partial charge in [0.2, 0.25) is 22.7 Å². The van der Waals surface area contributed by atoms with E-state index in [0.717, 1.165) is 90.7 Å². The molecule has 8 aromatic rings. The van der Waals surface area contributed by atoms with E-state index in [1.165, 1.54) is 11.3 Å². The summed E-state index contributed by atoms with van der Waals surface area (Å²) in [6.07, 6.45) is 7.11. The van der Waals surface area contributed by atoms with Crippen LogP contribution in [-0.4, -0.2) is 180 Å². The van der Waals surface area contributed by atoms with Gasteiger partial charge in [-0.2, -0.15) is 9.97 Å². The maximum atomic E-state index is 9.21. The Hall–Kier alpha value is -6.77. The normalized spacial score (nSPS) is 14.0. The summed E-state index contributed by atoms with van der Waals surface area (Å²) in [6.45, 7) is 9.66. The van der Waals surface area contributed by atoms with Crippen LogP contribution in [0.3, 0.4) is 0 Å². The average Bonchev–Trinajstić information content (AvgIpc) is 4.28. The minimum atomic E-state index is 0.175. The predicted octanol–water partition coefficient (Wildman–Crippen LogP) is 5.94. The van der Waals surface area contributed by atoms with Crippen LogP contribution in [-0.2, 0) is 0 Å². The number of aliphatic hydroxyl groups is 2. The number of methoxy groups -OCH3 is 6. The maximum absolute atomic E-state index is 9.21. The van der Waals surface area contributed by atoms with Gasteiger partial charge in [0.1, 0.15) is 45.6 Å². The Morgan fingerprint density at radius 1 is 0.589 bits per heavy atom. The van der Waals surface area contributed by atoms with Gasteiger partial charge in [-0.15, -0.1) is 22.7 Å². The van der Waals surface area contributed by atoms with Crippen molar-refractivity contribution in [2.45, 2.75) is 0 Å². The van der Waals surface area contributed by atoms with Gasteiger partial charge >= 0.3 is 0 Å². The van der Waals surface area contributed by atoms with E-state index in [1.807, 2.05) is 68.7 Å². The van der Waals surface area contributed by atoms with Crippen molar-refractivity contribution in [3.63, 3.8) is 0 Å². The molecule has 0 spiro atoms. The number of thiophene rings is 2. The number of nitrogens with zero attached hydrogens (tertiary/aromatic N) is 11. The van der Waals surface area contributed by atoms with Gasteiger partial charge in [-0.1, -0.05) is 0 Å². The minimum absolute atomic E-state index is 0.175. The van der Waals surface area contributed by atoms with Gasteiger partial charge in [-0.05, 0) is 34.5 Å². The molecule has 6 aromatic heterocycles. The molecule has 22 nitrogen and oxygen atoms in total. The van der Waals surface area contributed by atoms with Crippen LogP contribution in [0, 0.1) is 0 Å². The standard InChI is InChI=1S/C24H29N7O4S.C18H16ClN5O3S.C6H14N2O/c1-33-18-12-16(13-19(34-2)21(18)35-3)31-14-20(25-15-31)26-22-17-4-11-36-23(17)28-24(27-22)30-7-5-29(6-8-30)9-10-32;1-25-12-6-10(7-13(26-2)15(12)27-3)24-8-14(20-9-24)21-16-11-4-5-28-17(11)23-18(19)22-16;9-6-5-8-3-1-7-2-4-8/h4,11-15,32H,5-10H2,1-3H3,(H,26,27,28);4-9H,1-3H3,(H,21,22,23);7,9H,1-6H2. The highest BCUT2D eigenvalue weighted by Gasteiger charge is 2.22. The number of rotatable bonds is 17. The Balaban J connectivity index is 0.000000170. The number of nitrogens with one attached hydrogen (secondary N) is 3. The largest absolute Gasteiger partial charge is 0.493 e. The number of aliphatic hydroxyl groups excluding tert-OH is 2. The highest BCUT2D eigenvalue weighted by molar-refractivity contribution is 7.17. The summed E-state index contributed by atoms with van der Waals surface area (Å²) in [5.41, 5.74) is 1.62. The summed E-state index contributed by atoms with van der Waals surface area (Å²) in [4.78, 5) is 35.5. The number of anilines is 5. The fraction of sp³-hybridized carbons (Fsp3) is 0.375. The van der Waals surface area contributed by atoms with Crippen LogP contribution in [0.4, 0.5) is 29.2 Å². The van der Waals surface area contributed by atoms with Crippen molar-refractivity contribution < 1.29 is 38.6 Å². The molecule has 0 aliphatic carbocycles. The summed E-state index contributed by atoms with van der Waals surface area (Å²) < 4.78 is 36.3.